The van der Waals surface area contributed by atoms with Crippen LogP contribution in [0.4, 0.5) is 5.69 Å². The Hall–Kier alpha value is -1.20. The predicted molar refractivity (Wildman–Crippen MR) is 78.9 cm³/mol. The Morgan fingerprint density at radius 1 is 1.47 bits per heavy atom. The summed E-state index contributed by atoms with van der Waals surface area (Å²) in [7, 11) is 0. The lowest BCUT2D eigenvalue weighted by atomic mass is 10.2. The van der Waals surface area contributed by atoms with Gasteiger partial charge in [-0.1, -0.05) is 24.6 Å². The van der Waals surface area contributed by atoms with Crippen LogP contribution in [0.5, 0.6) is 0 Å². The number of aliphatic carboxylic acids is 1. The van der Waals surface area contributed by atoms with Gasteiger partial charge >= 0.3 is 5.97 Å². The van der Waals surface area contributed by atoms with Crippen molar-refractivity contribution in [2.45, 2.75) is 13.8 Å². The molecule has 1 aromatic carbocycles. The monoisotopic (exact) mass is 301 g/mol. The van der Waals surface area contributed by atoms with Gasteiger partial charge in [0, 0.05) is 16.5 Å². The van der Waals surface area contributed by atoms with Crippen LogP contribution < -0.4 is 5.32 Å². The third-order valence-corrected chi connectivity index (χ3v) is 4.09. The lowest BCUT2D eigenvalue weighted by Gasteiger charge is -2.08. The summed E-state index contributed by atoms with van der Waals surface area (Å²) in [6.07, 6.45) is 0. The summed E-state index contributed by atoms with van der Waals surface area (Å²) >= 11 is 7.25. The summed E-state index contributed by atoms with van der Waals surface area (Å²) in [6.45, 7) is 3.50. The average Bonchev–Trinajstić information content (AvgIpc) is 2.33. The van der Waals surface area contributed by atoms with E-state index < -0.39 is 11.9 Å². The molecular weight excluding hydrogens is 286 g/mol. The van der Waals surface area contributed by atoms with Crippen LogP contribution in [-0.2, 0) is 9.59 Å². The average molecular weight is 302 g/mol. The highest BCUT2D eigenvalue weighted by Crippen LogP contribution is 2.20. The number of amides is 1. The molecule has 0 radical (unpaired) electrons. The van der Waals surface area contributed by atoms with Crippen LogP contribution >= 0.6 is 23.4 Å². The van der Waals surface area contributed by atoms with Crippen LogP contribution in [0.3, 0.4) is 0 Å². The van der Waals surface area contributed by atoms with Gasteiger partial charge in [0.1, 0.15) is 0 Å². The van der Waals surface area contributed by atoms with E-state index >= 15 is 0 Å². The second-order valence-electron chi connectivity index (χ2n) is 4.27. The van der Waals surface area contributed by atoms with Gasteiger partial charge in [-0.2, -0.15) is 11.8 Å². The fraction of sp³-hybridized carbons (Fsp3) is 0.385. The Kier molecular flexibility index (Phi) is 6.18. The summed E-state index contributed by atoms with van der Waals surface area (Å²) < 4.78 is 0. The SMILES string of the molecule is Cc1ccc(NC(=O)CSCC(C)C(=O)O)cc1Cl. The van der Waals surface area contributed by atoms with Gasteiger partial charge in [-0.25, -0.2) is 0 Å². The largest absolute Gasteiger partial charge is 0.481 e. The van der Waals surface area contributed by atoms with Crippen molar-refractivity contribution in [2.24, 2.45) is 5.92 Å². The summed E-state index contributed by atoms with van der Waals surface area (Å²) in [5, 5.41) is 12.0. The number of aryl methyl sites for hydroxylation is 1. The van der Waals surface area contributed by atoms with Crippen molar-refractivity contribution in [1.82, 2.24) is 0 Å². The summed E-state index contributed by atoms with van der Waals surface area (Å²) in [5.74, 6) is -0.826. The van der Waals surface area contributed by atoms with Crippen LogP contribution in [0.25, 0.3) is 0 Å². The maximum Gasteiger partial charge on any atom is 0.307 e. The topological polar surface area (TPSA) is 66.4 Å². The van der Waals surface area contributed by atoms with Gasteiger partial charge in [-0.15, -0.1) is 0 Å². The number of carboxylic acids is 1. The van der Waals surface area contributed by atoms with Gasteiger partial charge in [0.05, 0.1) is 11.7 Å². The van der Waals surface area contributed by atoms with Crippen LogP contribution in [0, 0.1) is 12.8 Å². The van der Waals surface area contributed by atoms with Crippen molar-refractivity contribution in [2.75, 3.05) is 16.8 Å². The number of carboxylic acid groups (broad SMARTS) is 1. The Labute approximate surface area is 121 Å². The number of thioether (sulfide) groups is 1. The molecular formula is C13H16ClNO3S. The minimum absolute atomic E-state index is 0.164. The minimum Gasteiger partial charge on any atom is -0.481 e. The molecule has 1 aromatic rings. The van der Waals surface area contributed by atoms with E-state index in [-0.39, 0.29) is 11.7 Å². The molecule has 6 heteroatoms. The first-order chi connectivity index (χ1) is 8.90. The lowest BCUT2D eigenvalue weighted by molar-refractivity contribution is -0.140. The number of carbonyl (C=O) groups is 2. The second kappa shape index (κ2) is 7.40. The zero-order valence-corrected chi connectivity index (χ0v) is 12.3. The van der Waals surface area contributed by atoms with Gasteiger partial charge in [-0.05, 0) is 24.6 Å². The molecule has 0 fully saturated rings. The Balaban J connectivity index is 2.39. The van der Waals surface area contributed by atoms with E-state index in [1.54, 1.807) is 19.1 Å². The normalized spacial score (nSPS) is 11.9. The molecule has 0 spiro atoms. The van der Waals surface area contributed by atoms with E-state index in [0.29, 0.717) is 16.5 Å². The zero-order chi connectivity index (χ0) is 14.4. The van der Waals surface area contributed by atoms with E-state index in [9.17, 15) is 9.59 Å². The van der Waals surface area contributed by atoms with Crippen LogP contribution in [-0.4, -0.2) is 28.5 Å². The lowest BCUT2D eigenvalue weighted by Crippen LogP contribution is -2.17. The van der Waals surface area contributed by atoms with E-state index in [0.717, 1.165) is 5.56 Å². The van der Waals surface area contributed by atoms with E-state index in [4.69, 9.17) is 16.7 Å². The molecule has 104 valence electrons. The van der Waals surface area contributed by atoms with Crippen molar-refractivity contribution < 1.29 is 14.7 Å². The molecule has 1 rings (SSSR count). The number of nitrogens with one attached hydrogen (secondary N) is 1. The maximum absolute atomic E-state index is 11.6. The Morgan fingerprint density at radius 3 is 2.74 bits per heavy atom. The number of carbonyl (C=O) groups excluding carboxylic acids is 1. The van der Waals surface area contributed by atoms with Gasteiger partial charge in [0.2, 0.25) is 5.91 Å². The molecule has 1 unspecified atom stereocenters. The van der Waals surface area contributed by atoms with Crippen molar-refractivity contribution in [3.8, 4) is 0 Å². The number of halogens is 1. The van der Waals surface area contributed by atoms with Crippen molar-refractivity contribution in [3.63, 3.8) is 0 Å². The Morgan fingerprint density at radius 2 is 2.16 bits per heavy atom. The maximum atomic E-state index is 11.6. The van der Waals surface area contributed by atoms with Crippen molar-refractivity contribution in [1.29, 1.82) is 0 Å². The molecule has 0 heterocycles. The quantitative estimate of drug-likeness (QED) is 0.847. The van der Waals surface area contributed by atoms with Crippen molar-refractivity contribution in [3.05, 3.63) is 28.8 Å². The highest BCUT2D eigenvalue weighted by Gasteiger charge is 2.12. The smallest absolute Gasteiger partial charge is 0.307 e. The Bertz CT molecular complexity index is 479. The molecule has 1 amide bonds. The van der Waals surface area contributed by atoms with Gasteiger partial charge in [0.25, 0.3) is 0 Å². The first-order valence-electron chi connectivity index (χ1n) is 5.76. The highest BCUT2D eigenvalue weighted by molar-refractivity contribution is 8.00. The number of benzene rings is 1. The zero-order valence-electron chi connectivity index (χ0n) is 10.8. The van der Waals surface area contributed by atoms with Crippen LogP contribution in [0.15, 0.2) is 18.2 Å². The van der Waals surface area contributed by atoms with Crippen molar-refractivity contribution >= 4 is 40.9 Å². The predicted octanol–water partition coefficient (Wildman–Crippen LogP) is 3.04. The first kappa shape index (κ1) is 15.9. The first-order valence-corrected chi connectivity index (χ1v) is 7.30. The molecule has 0 aromatic heterocycles. The molecule has 0 saturated carbocycles. The van der Waals surface area contributed by atoms with Crippen LogP contribution in [0.1, 0.15) is 12.5 Å². The molecule has 1 atom stereocenters. The molecule has 2 N–H and O–H groups in total. The summed E-state index contributed by atoms with van der Waals surface area (Å²) in [6, 6.07) is 5.31. The fourth-order valence-corrected chi connectivity index (χ4v) is 2.32. The minimum atomic E-state index is -0.849. The van der Waals surface area contributed by atoms with E-state index in [1.807, 2.05) is 13.0 Å². The molecule has 19 heavy (non-hydrogen) atoms. The molecule has 0 aliphatic carbocycles. The van der Waals surface area contributed by atoms with Gasteiger partial charge < -0.3 is 10.4 Å². The number of rotatable bonds is 6. The molecule has 0 saturated heterocycles. The molecule has 0 aliphatic rings. The molecule has 0 bridgehead atoms. The summed E-state index contributed by atoms with van der Waals surface area (Å²) in [4.78, 5) is 22.2. The highest BCUT2D eigenvalue weighted by atomic mass is 35.5. The second-order valence-corrected chi connectivity index (χ2v) is 5.70. The third kappa shape index (κ3) is 5.53. The summed E-state index contributed by atoms with van der Waals surface area (Å²) in [5.41, 5.74) is 1.59. The van der Waals surface area contributed by atoms with Gasteiger partial charge in [0.15, 0.2) is 0 Å². The number of hydrogen-bond acceptors (Lipinski definition) is 3. The standard InChI is InChI=1S/C13H16ClNO3S/c1-8-3-4-10(5-11(8)14)15-12(16)7-19-6-9(2)13(17)18/h3-5,9H,6-7H2,1-2H3,(H,15,16)(H,17,18). The van der Waals surface area contributed by atoms with E-state index in [2.05, 4.69) is 5.32 Å². The molecule has 0 aliphatic heterocycles. The number of hydrogen-bond donors (Lipinski definition) is 2. The van der Waals surface area contributed by atoms with E-state index in [1.165, 1.54) is 11.8 Å². The van der Waals surface area contributed by atoms with Gasteiger partial charge in [-0.3, -0.25) is 9.59 Å². The third-order valence-electron chi connectivity index (χ3n) is 2.48. The van der Waals surface area contributed by atoms with Crippen LogP contribution in [0.2, 0.25) is 5.02 Å². The molecule has 4 nitrogen and oxygen atoms in total. The fourth-order valence-electron chi connectivity index (χ4n) is 1.27. The number of anilines is 1.